The molecule has 2 aromatic rings. The molecule has 0 saturated heterocycles. The van der Waals surface area contributed by atoms with Crippen molar-refractivity contribution in [3.63, 3.8) is 0 Å². The van der Waals surface area contributed by atoms with E-state index in [4.69, 9.17) is 11.6 Å². The van der Waals surface area contributed by atoms with Gasteiger partial charge in [-0.15, -0.1) is 0 Å². The SMILES string of the molecule is CCC(Nc1ccc(Cl)nc1C)c1ccccc1O. The van der Waals surface area contributed by atoms with Gasteiger partial charge in [-0.05, 0) is 31.5 Å². The van der Waals surface area contributed by atoms with Crippen LogP contribution in [0.1, 0.15) is 30.6 Å². The predicted octanol–water partition coefficient (Wildman–Crippen LogP) is 4.31. The van der Waals surface area contributed by atoms with Crippen molar-refractivity contribution in [2.24, 2.45) is 0 Å². The number of hydrogen-bond acceptors (Lipinski definition) is 3. The molecule has 0 amide bonds. The molecule has 1 heterocycles. The van der Waals surface area contributed by atoms with E-state index in [-0.39, 0.29) is 6.04 Å². The Morgan fingerprint density at radius 2 is 2.00 bits per heavy atom. The topological polar surface area (TPSA) is 45.2 Å². The first-order valence-corrected chi connectivity index (χ1v) is 6.67. The van der Waals surface area contributed by atoms with Crippen molar-refractivity contribution in [1.82, 2.24) is 4.98 Å². The summed E-state index contributed by atoms with van der Waals surface area (Å²) < 4.78 is 0. The zero-order valence-corrected chi connectivity index (χ0v) is 11.8. The highest BCUT2D eigenvalue weighted by Gasteiger charge is 2.14. The van der Waals surface area contributed by atoms with Crippen molar-refractivity contribution >= 4 is 17.3 Å². The Kier molecular flexibility index (Phi) is 4.27. The lowest BCUT2D eigenvalue weighted by atomic mass is 10.0. The number of aryl methyl sites for hydroxylation is 1. The minimum Gasteiger partial charge on any atom is -0.508 e. The molecule has 0 aliphatic rings. The van der Waals surface area contributed by atoms with Gasteiger partial charge in [0, 0.05) is 5.56 Å². The minimum atomic E-state index is 0.0443. The van der Waals surface area contributed by atoms with Crippen LogP contribution >= 0.6 is 11.6 Å². The summed E-state index contributed by atoms with van der Waals surface area (Å²) in [5.41, 5.74) is 2.67. The maximum absolute atomic E-state index is 9.93. The molecule has 0 radical (unpaired) electrons. The van der Waals surface area contributed by atoms with E-state index in [9.17, 15) is 5.11 Å². The smallest absolute Gasteiger partial charge is 0.129 e. The highest BCUT2D eigenvalue weighted by molar-refractivity contribution is 6.29. The number of pyridine rings is 1. The van der Waals surface area contributed by atoms with Gasteiger partial charge in [0.15, 0.2) is 0 Å². The van der Waals surface area contributed by atoms with E-state index >= 15 is 0 Å². The molecule has 0 fully saturated rings. The quantitative estimate of drug-likeness (QED) is 0.818. The third-order valence-electron chi connectivity index (χ3n) is 3.10. The number of para-hydroxylation sites is 1. The molecule has 0 aliphatic heterocycles. The molecular weight excluding hydrogens is 260 g/mol. The highest BCUT2D eigenvalue weighted by atomic mass is 35.5. The molecule has 3 nitrogen and oxygen atoms in total. The van der Waals surface area contributed by atoms with Crippen LogP contribution in [0.25, 0.3) is 0 Å². The van der Waals surface area contributed by atoms with Crippen LogP contribution in [0.4, 0.5) is 5.69 Å². The number of phenols is 1. The summed E-state index contributed by atoms with van der Waals surface area (Å²) in [5, 5.41) is 13.8. The van der Waals surface area contributed by atoms with Gasteiger partial charge in [-0.2, -0.15) is 0 Å². The number of aromatic hydroxyl groups is 1. The molecule has 1 unspecified atom stereocenters. The Balaban J connectivity index is 2.27. The Bertz CT molecular complexity index is 572. The number of benzene rings is 1. The first-order chi connectivity index (χ1) is 9.11. The van der Waals surface area contributed by atoms with Crippen molar-refractivity contribution in [2.45, 2.75) is 26.3 Å². The van der Waals surface area contributed by atoms with Gasteiger partial charge in [-0.25, -0.2) is 4.98 Å². The number of nitrogens with one attached hydrogen (secondary N) is 1. The average molecular weight is 277 g/mol. The molecule has 0 saturated carbocycles. The standard InChI is InChI=1S/C15H17ClN2O/c1-3-12(11-6-4-5-7-14(11)19)18-13-8-9-15(16)17-10(13)2/h4-9,12,18-19H,3H2,1-2H3. The number of aromatic nitrogens is 1. The Morgan fingerprint density at radius 1 is 1.26 bits per heavy atom. The fourth-order valence-corrected chi connectivity index (χ4v) is 2.24. The lowest BCUT2D eigenvalue weighted by Gasteiger charge is -2.20. The summed E-state index contributed by atoms with van der Waals surface area (Å²) in [6, 6.07) is 11.1. The van der Waals surface area contributed by atoms with E-state index in [2.05, 4.69) is 17.2 Å². The first kappa shape index (κ1) is 13.7. The first-order valence-electron chi connectivity index (χ1n) is 6.29. The molecule has 2 rings (SSSR count). The van der Waals surface area contributed by atoms with Gasteiger partial charge >= 0.3 is 0 Å². The third kappa shape index (κ3) is 3.18. The molecule has 19 heavy (non-hydrogen) atoms. The zero-order valence-electron chi connectivity index (χ0n) is 11.0. The second kappa shape index (κ2) is 5.93. The van der Waals surface area contributed by atoms with E-state index in [0.717, 1.165) is 23.4 Å². The van der Waals surface area contributed by atoms with Crippen LogP contribution in [0.2, 0.25) is 5.15 Å². The van der Waals surface area contributed by atoms with Gasteiger partial charge in [-0.1, -0.05) is 36.7 Å². The normalized spacial score (nSPS) is 12.2. The Labute approximate surface area is 118 Å². The highest BCUT2D eigenvalue weighted by Crippen LogP contribution is 2.30. The van der Waals surface area contributed by atoms with Gasteiger partial charge < -0.3 is 10.4 Å². The van der Waals surface area contributed by atoms with Crippen molar-refractivity contribution < 1.29 is 5.11 Å². The largest absolute Gasteiger partial charge is 0.508 e. The second-order valence-electron chi connectivity index (χ2n) is 4.43. The fourth-order valence-electron chi connectivity index (χ4n) is 2.05. The predicted molar refractivity (Wildman–Crippen MR) is 78.7 cm³/mol. The Morgan fingerprint density at radius 3 is 2.63 bits per heavy atom. The van der Waals surface area contributed by atoms with E-state index in [0.29, 0.717) is 10.9 Å². The second-order valence-corrected chi connectivity index (χ2v) is 4.82. The molecule has 1 aromatic carbocycles. The number of hydrogen-bond donors (Lipinski definition) is 2. The lowest BCUT2D eigenvalue weighted by molar-refractivity contribution is 0.462. The van der Waals surface area contributed by atoms with E-state index in [1.165, 1.54) is 0 Å². The van der Waals surface area contributed by atoms with Crippen LogP contribution in [-0.2, 0) is 0 Å². The van der Waals surface area contributed by atoms with Gasteiger partial charge in [-0.3, -0.25) is 0 Å². The summed E-state index contributed by atoms with van der Waals surface area (Å²) >= 11 is 5.85. The average Bonchev–Trinajstić information content (AvgIpc) is 2.39. The fraction of sp³-hybridized carbons (Fsp3) is 0.267. The van der Waals surface area contributed by atoms with E-state index < -0.39 is 0 Å². The maximum atomic E-state index is 9.93. The van der Waals surface area contributed by atoms with Crippen molar-refractivity contribution in [3.8, 4) is 5.75 Å². The molecule has 0 aliphatic carbocycles. The Hall–Kier alpha value is -1.74. The number of nitrogens with zero attached hydrogens (tertiary/aromatic N) is 1. The summed E-state index contributed by atoms with van der Waals surface area (Å²) in [7, 11) is 0. The van der Waals surface area contributed by atoms with Crippen LogP contribution < -0.4 is 5.32 Å². The maximum Gasteiger partial charge on any atom is 0.129 e. The number of rotatable bonds is 4. The molecule has 0 bridgehead atoms. The van der Waals surface area contributed by atoms with Gasteiger partial charge in [0.25, 0.3) is 0 Å². The summed E-state index contributed by atoms with van der Waals surface area (Å²) in [6.45, 7) is 3.98. The monoisotopic (exact) mass is 276 g/mol. The molecule has 100 valence electrons. The summed E-state index contributed by atoms with van der Waals surface area (Å²) in [6.07, 6.45) is 0.861. The van der Waals surface area contributed by atoms with Crippen molar-refractivity contribution in [1.29, 1.82) is 0 Å². The van der Waals surface area contributed by atoms with Crippen LogP contribution in [0, 0.1) is 6.92 Å². The van der Waals surface area contributed by atoms with Crippen molar-refractivity contribution in [3.05, 3.63) is 52.8 Å². The summed E-state index contributed by atoms with van der Waals surface area (Å²) in [4.78, 5) is 4.22. The van der Waals surface area contributed by atoms with E-state index in [1.54, 1.807) is 12.1 Å². The molecule has 1 aromatic heterocycles. The molecule has 1 atom stereocenters. The third-order valence-corrected chi connectivity index (χ3v) is 3.31. The van der Waals surface area contributed by atoms with E-state index in [1.807, 2.05) is 31.2 Å². The van der Waals surface area contributed by atoms with Gasteiger partial charge in [0.2, 0.25) is 0 Å². The molecule has 2 N–H and O–H groups in total. The van der Waals surface area contributed by atoms with Crippen LogP contribution in [0.5, 0.6) is 5.75 Å². The van der Waals surface area contributed by atoms with Crippen molar-refractivity contribution in [2.75, 3.05) is 5.32 Å². The number of halogens is 1. The number of anilines is 1. The van der Waals surface area contributed by atoms with Crippen LogP contribution in [-0.4, -0.2) is 10.1 Å². The molecule has 0 spiro atoms. The molecular formula is C15H17ClN2O. The van der Waals surface area contributed by atoms with Gasteiger partial charge in [0.05, 0.1) is 17.4 Å². The van der Waals surface area contributed by atoms with Crippen LogP contribution in [0.3, 0.4) is 0 Å². The summed E-state index contributed by atoms with van der Waals surface area (Å²) in [5.74, 6) is 0.307. The lowest BCUT2D eigenvalue weighted by Crippen LogP contribution is -2.11. The minimum absolute atomic E-state index is 0.0443. The van der Waals surface area contributed by atoms with Crippen LogP contribution in [0.15, 0.2) is 36.4 Å². The number of phenolic OH excluding ortho intramolecular Hbond substituents is 1. The molecule has 4 heteroatoms. The zero-order chi connectivity index (χ0) is 13.8. The van der Waals surface area contributed by atoms with Gasteiger partial charge in [0.1, 0.15) is 10.9 Å².